The summed E-state index contributed by atoms with van der Waals surface area (Å²) >= 11 is 0. The van der Waals surface area contributed by atoms with Crippen molar-refractivity contribution in [2.45, 2.75) is 33.1 Å². The molecule has 0 atom stereocenters. The Kier molecular flexibility index (Phi) is 2.10. The first kappa shape index (κ1) is 10.0. The van der Waals surface area contributed by atoms with Crippen molar-refractivity contribution in [3.63, 3.8) is 0 Å². The predicted molar refractivity (Wildman–Crippen MR) is 45.3 cm³/mol. The number of carbonyl (C=O) groups is 2. The van der Waals surface area contributed by atoms with Crippen molar-refractivity contribution < 1.29 is 19.8 Å². The second-order valence-electron chi connectivity index (χ2n) is 3.68. The molecule has 0 heterocycles. The van der Waals surface area contributed by atoms with E-state index in [0.29, 0.717) is 12.8 Å². The van der Waals surface area contributed by atoms with Gasteiger partial charge in [0, 0.05) is 0 Å². The van der Waals surface area contributed by atoms with Crippen LogP contribution in [0.3, 0.4) is 0 Å². The molecule has 0 bridgehead atoms. The Hall–Kier alpha value is -1.06. The maximum Gasteiger partial charge on any atom is 0.321 e. The van der Waals surface area contributed by atoms with Crippen molar-refractivity contribution in [1.29, 1.82) is 0 Å². The van der Waals surface area contributed by atoms with E-state index in [1.807, 2.05) is 13.8 Å². The fourth-order valence-corrected chi connectivity index (χ4v) is 2.26. The molecule has 0 radical (unpaired) electrons. The third-order valence-corrected chi connectivity index (χ3v) is 3.47. The molecule has 4 nitrogen and oxygen atoms in total. The predicted octanol–water partition coefficient (Wildman–Crippen LogP) is 1.35. The minimum atomic E-state index is -1.50. The smallest absolute Gasteiger partial charge is 0.321 e. The molecule has 13 heavy (non-hydrogen) atoms. The molecular formula is C9H14O4. The summed E-state index contributed by atoms with van der Waals surface area (Å²) in [6.45, 7) is 3.69. The lowest BCUT2D eigenvalue weighted by atomic mass is 9.88. The quantitative estimate of drug-likeness (QED) is 0.650. The van der Waals surface area contributed by atoms with Gasteiger partial charge in [-0.3, -0.25) is 9.59 Å². The standard InChI is InChI=1S/C9H14O4/c1-3-8(4-2)5-9(8,6(10)11)7(12)13/h3-5H2,1-2H3,(H,10,11)(H,12,13). The Morgan fingerprint density at radius 2 is 1.54 bits per heavy atom. The van der Waals surface area contributed by atoms with E-state index in [0.717, 1.165) is 0 Å². The van der Waals surface area contributed by atoms with Gasteiger partial charge in [0.2, 0.25) is 0 Å². The van der Waals surface area contributed by atoms with Gasteiger partial charge in [-0.15, -0.1) is 0 Å². The fraction of sp³-hybridized carbons (Fsp3) is 0.778. The van der Waals surface area contributed by atoms with Gasteiger partial charge in [-0.05, 0) is 24.7 Å². The van der Waals surface area contributed by atoms with Crippen LogP contribution in [0.5, 0.6) is 0 Å². The zero-order chi connectivity index (χ0) is 10.3. The molecule has 0 aromatic carbocycles. The van der Waals surface area contributed by atoms with Crippen LogP contribution in [0.15, 0.2) is 0 Å². The number of carboxylic acid groups (broad SMARTS) is 2. The summed E-state index contributed by atoms with van der Waals surface area (Å²) in [5, 5.41) is 17.8. The van der Waals surface area contributed by atoms with Gasteiger partial charge in [0.1, 0.15) is 0 Å². The van der Waals surface area contributed by atoms with E-state index in [9.17, 15) is 9.59 Å². The maximum absolute atomic E-state index is 10.9. The van der Waals surface area contributed by atoms with Gasteiger partial charge in [-0.1, -0.05) is 13.8 Å². The highest BCUT2D eigenvalue weighted by Gasteiger charge is 2.75. The molecule has 0 unspecified atom stereocenters. The molecule has 1 saturated carbocycles. The van der Waals surface area contributed by atoms with Gasteiger partial charge in [-0.2, -0.15) is 0 Å². The molecule has 1 aliphatic rings. The molecule has 0 aromatic heterocycles. The van der Waals surface area contributed by atoms with Crippen LogP contribution in [0.4, 0.5) is 0 Å². The molecule has 0 aromatic rings. The summed E-state index contributed by atoms with van der Waals surface area (Å²) in [7, 11) is 0. The molecule has 4 heteroatoms. The van der Waals surface area contributed by atoms with Gasteiger partial charge < -0.3 is 10.2 Å². The molecule has 1 aliphatic carbocycles. The Balaban J connectivity index is 3.01. The summed E-state index contributed by atoms with van der Waals surface area (Å²) in [4.78, 5) is 21.8. The number of aliphatic carboxylic acids is 2. The van der Waals surface area contributed by atoms with E-state index in [1.54, 1.807) is 0 Å². The lowest BCUT2D eigenvalue weighted by Crippen LogP contribution is -2.31. The largest absolute Gasteiger partial charge is 0.480 e. The van der Waals surface area contributed by atoms with Crippen LogP contribution < -0.4 is 0 Å². The molecule has 2 N–H and O–H groups in total. The van der Waals surface area contributed by atoms with Crippen LogP contribution in [0.1, 0.15) is 33.1 Å². The second kappa shape index (κ2) is 2.72. The third-order valence-electron chi connectivity index (χ3n) is 3.47. The van der Waals surface area contributed by atoms with E-state index >= 15 is 0 Å². The Labute approximate surface area is 76.6 Å². The Bertz CT molecular complexity index is 238. The summed E-state index contributed by atoms with van der Waals surface area (Å²) in [5.41, 5.74) is -2.01. The maximum atomic E-state index is 10.9. The van der Waals surface area contributed by atoms with Crippen LogP contribution >= 0.6 is 0 Å². The number of carboxylic acids is 2. The van der Waals surface area contributed by atoms with Crippen LogP contribution in [0.25, 0.3) is 0 Å². The first-order chi connectivity index (χ1) is 5.97. The van der Waals surface area contributed by atoms with E-state index in [-0.39, 0.29) is 6.42 Å². The third kappa shape index (κ3) is 0.975. The van der Waals surface area contributed by atoms with Crippen molar-refractivity contribution in [2.75, 3.05) is 0 Å². The van der Waals surface area contributed by atoms with Gasteiger partial charge in [0.25, 0.3) is 0 Å². The van der Waals surface area contributed by atoms with Crippen LogP contribution in [-0.2, 0) is 9.59 Å². The lowest BCUT2D eigenvalue weighted by molar-refractivity contribution is -0.159. The number of rotatable bonds is 4. The first-order valence-corrected chi connectivity index (χ1v) is 4.43. The van der Waals surface area contributed by atoms with E-state index in [4.69, 9.17) is 10.2 Å². The summed E-state index contributed by atoms with van der Waals surface area (Å²) in [5.74, 6) is -2.38. The van der Waals surface area contributed by atoms with Gasteiger partial charge in [0.15, 0.2) is 5.41 Å². The van der Waals surface area contributed by atoms with Crippen LogP contribution in [0.2, 0.25) is 0 Å². The van der Waals surface area contributed by atoms with E-state index < -0.39 is 22.8 Å². The lowest BCUT2D eigenvalue weighted by Gasteiger charge is -2.15. The van der Waals surface area contributed by atoms with Crippen molar-refractivity contribution >= 4 is 11.9 Å². The SMILES string of the molecule is CCC1(CC)CC1(C(=O)O)C(=O)O. The molecule has 74 valence electrons. The highest BCUT2D eigenvalue weighted by atomic mass is 16.4. The Morgan fingerprint density at radius 1 is 1.15 bits per heavy atom. The zero-order valence-corrected chi connectivity index (χ0v) is 7.83. The average molecular weight is 186 g/mol. The van der Waals surface area contributed by atoms with Crippen LogP contribution in [0, 0.1) is 10.8 Å². The summed E-state index contributed by atoms with van der Waals surface area (Å²) in [6, 6.07) is 0. The normalized spacial score (nSPS) is 22.3. The van der Waals surface area contributed by atoms with Gasteiger partial charge in [-0.25, -0.2) is 0 Å². The van der Waals surface area contributed by atoms with Crippen molar-refractivity contribution in [2.24, 2.45) is 10.8 Å². The van der Waals surface area contributed by atoms with E-state index in [1.165, 1.54) is 0 Å². The van der Waals surface area contributed by atoms with Gasteiger partial charge >= 0.3 is 11.9 Å². The van der Waals surface area contributed by atoms with Crippen molar-refractivity contribution in [3.8, 4) is 0 Å². The highest BCUT2D eigenvalue weighted by molar-refractivity contribution is 6.03. The summed E-state index contributed by atoms with van der Waals surface area (Å²) < 4.78 is 0. The molecular weight excluding hydrogens is 172 g/mol. The second-order valence-corrected chi connectivity index (χ2v) is 3.68. The van der Waals surface area contributed by atoms with Crippen molar-refractivity contribution in [3.05, 3.63) is 0 Å². The molecule has 0 saturated heterocycles. The molecule has 0 spiro atoms. The number of hydrogen-bond acceptors (Lipinski definition) is 2. The Morgan fingerprint density at radius 3 is 1.62 bits per heavy atom. The van der Waals surface area contributed by atoms with Crippen LogP contribution in [-0.4, -0.2) is 22.2 Å². The summed E-state index contributed by atoms with van der Waals surface area (Å²) in [6.07, 6.45) is 1.50. The topological polar surface area (TPSA) is 74.6 Å². The first-order valence-electron chi connectivity index (χ1n) is 4.43. The number of hydrogen-bond donors (Lipinski definition) is 2. The molecule has 0 amide bonds. The molecule has 1 rings (SSSR count). The van der Waals surface area contributed by atoms with E-state index in [2.05, 4.69) is 0 Å². The monoisotopic (exact) mass is 186 g/mol. The minimum Gasteiger partial charge on any atom is -0.480 e. The van der Waals surface area contributed by atoms with Crippen molar-refractivity contribution in [1.82, 2.24) is 0 Å². The zero-order valence-electron chi connectivity index (χ0n) is 7.83. The highest BCUT2D eigenvalue weighted by Crippen LogP contribution is 2.68. The van der Waals surface area contributed by atoms with Gasteiger partial charge in [0.05, 0.1) is 0 Å². The average Bonchev–Trinajstić information content (AvgIpc) is 2.75. The molecule has 0 aliphatic heterocycles. The minimum absolute atomic E-state index is 0.275. The molecule has 1 fully saturated rings. The fourth-order valence-electron chi connectivity index (χ4n) is 2.26.